The standard InChI is InChI=1S/C16H21N5O/c1-12-5-7-13(8-6-12)11-14(22)17-15-18-16(20-19-15)21-9-3-2-4-10-21/h5-8H,2-4,9-11H2,1H3,(H2,17,18,19,20,22). The third-order valence-electron chi connectivity index (χ3n) is 3.86. The summed E-state index contributed by atoms with van der Waals surface area (Å²) in [5.41, 5.74) is 2.17. The maximum absolute atomic E-state index is 12.0. The molecular formula is C16H21N5O. The molecule has 0 bridgehead atoms. The van der Waals surface area contributed by atoms with Gasteiger partial charge in [0.2, 0.25) is 17.8 Å². The second-order valence-corrected chi connectivity index (χ2v) is 5.74. The van der Waals surface area contributed by atoms with Gasteiger partial charge in [-0.3, -0.25) is 10.1 Å². The molecule has 1 saturated heterocycles. The van der Waals surface area contributed by atoms with Gasteiger partial charge < -0.3 is 4.90 Å². The lowest BCUT2D eigenvalue weighted by molar-refractivity contribution is -0.115. The Labute approximate surface area is 129 Å². The van der Waals surface area contributed by atoms with Crippen molar-refractivity contribution in [3.05, 3.63) is 35.4 Å². The van der Waals surface area contributed by atoms with Crippen molar-refractivity contribution < 1.29 is 4.79 Å². The Morgan fingerprint density at radius 1 is 1.23 bits per heavy atom. The van der Waals surface area contributed by atoms with E-state index in [1.54, 1.807) is 0 Å². The van der Waals surface area contributed by atoms with Crippen LogP contribution in [-0.4, -0.2) is 34.2 Å². The molecular weight excluding hydrogens is 278 g/mol. The molecule has 1 amide bonds. The summed E-state index contributed by atoms with van der Waals surface area (Å²) in [6.45, 7) is 3.99. The number of nitrogens with one attached hydrogen (secondary N) is 2. The quantitative estimate of drug-likeness (QED) is 0.908. The van der Waals surface area contributed by atoms with E-state index in [1.165, 1.54) is 24.8 Å². The number of aromatic amines is 1. The fourth-order valence-corrected chi connectivity index (χ4v) is 2.61. The van der Waals surface area contributed by atoms with E-state index >= 15 is 0 Å². The molecule has 6 heteroatoms. The molecule has 3 rings (SSSR count). The summed E-state index contributed by atoms with van der Waals surface area (Å²) in [4.78, 5) is 18.5. The first-order chi connectivity index (χ1) is 10.7. The summed E-state index contributed by atoms with van der Waals surface area (Å²) in [6, 6.07) is 7.94. The smallest absolute Gasteiger partial charge is 0.246 e. The first-order valence-electron chi connectivity index (χ1n) is 7.73. The molecule has 2 aromatic rings. The predicted molar refractivity (Wildman–Crippen MR) is 86.0 cm³/mol. The topological polar surface area (TPSA) is 73.9 Å². The van der Waals surface area contributed by atoms with Crippen LogP contribution in [0.4, 0.5) is 11.9 Å². The average molecular weight is 299 g/mol. The molecule has 1 aliphatic heterocycles. The lowest BCUT2D eigenvalue weighted by atomic mass is 10.1. The van der Waals surface area contributed by atoms with E-state index in [4.69, 9.17) is 0 Å². The Hall–Kier alpha value is -2.37. The minimum atomic E-state index is -0.0924. The first-order valence-corrected chi connectivity index (χ1v) is 7.73. The second-order valence-electron chi connectivity index (χ2n) is 5.74. The predicted octanol–water partition coefficient (Wildman–Crippen LogP) is 2.28. The fraction of sp³-hybridized carbons (Fsp3) is 0.438. The molecule has 2 heterocycles. The molecule has 0 saturated carbocycles. The molecule has 2 N–H and O–H groups in total. The van der Waals surface area contributed by atoms with Crippen LogP contribution in [0.25, 0.3) is 0 Å². The summed E-state index contributed by atoms with van der Waals surface area (Å²) < 4.78 is 0. The number of anilines is 2. The van der Waals surface area contributed by atoms with Gasteiger partial charge in [-0.1, -0.05) is 29.8 Å². The van der Waals surface area contributed by atoms with E-state index in [0.29, 0.717) is 18.3 Å². The molecule has 22 heavy (non-hydrogen) atoms. The van der Waals surface area contributed by atoms with Gasteiger partial charge in [-0.25, -0.2) is 5.10 Å². The molecule has 1 aromatic carbocycles. The van der Waals surface area contributed by atoms with Crippen LogP contribution in [0.15, 0.2) is 24.3 Å². The maximum atomic E-state index is 12.0. The van der Waals surface area contributed by atoms with Crippen molar-refractivity contribution in [2.45, 2.75) is 32.6 Å². The molecule has 0 spiro atoms. The van der Waals surface area contributed by atoms with E-state index in [1.807, 2.05) is 31.2 Å². The zero-order valence-corrected chi connectivity index (χ0v) is 12.8. The number of amides is 1. The van der Waals surface area contributed by atoms with Gasteiger partial charge in [-0.2, -0.15) is 4.98 Å². The van der Waals surface area contributed by atoms with Crippen molar-refractivity contribution >= 4 is 17.8 Å². The second kappa shape index (κ2) is 6.60. The molecule has 0 atom stereocenters. The number of hydrogen-bond donors (Lipinski definition) is 2. The monoisotopic (exact) mass is 299 g/mol. The SMILES string of the molecule is Cc1ccc(CC(=O)Nc2nc(N3CCCCC3)n[nH]2)cc1. The van der Waals surface area contributed by atoms with E-state index in [-0.39, 0.29) is 5.91 Å². The van der Waals surface area contributed by atoms with Crippen LogP contribution in [0.2, 0.25) is 0 Å². The number of aryl methyl sites for hydroxylation is 1. The summed E-state index contributed by atoms with van der Waals surface area (Å²) >= 11 is 0. The summed E-state index contributed by atoms with van der Waals surface area (Å²) in [7, 11) is 0. The van der Waals surface area contributed by atoms with Gasteiger partial charge in [0.05, 0.1) is 6.42 Å². The van der Waals surface area contributed by atoms with Crippen molar-refractivity contribution in [3.8, 4) is 0 Å². The number of piperidine rings is 1. The molecule has 0 unspecified atom stereocenters. The van der Waals surface area contributed by atoms with Crippen LogP contribution < -0.4 is 10.2 Å². The van der Waals surface area contributed by atoms with Crippen molar-refractivity contribution in [3.63, 3.8) is 0 Å². The normalized spacial score (nSPS) is 14.9. The Morgan fingerprint density at radius 2 is 1.95 bits per heavy atom. The zero-order valence-electron chi connectivity index (χ0n) is 12.8. The summed E-state index contributed by atoms with van der Waals surface area (Å²) in [6.07, 6.45) is 3.94. The van der Waals surface area contributed by atoms with Crippen LogP contribution in [0.5, 0.6) is 0 Å². The largest absolute Gasteiger partial charge is 0.340 e. The van der Waals surface area contributed by atoms with E-state index < -0.39 is 0 Å². The number of nitrogens with zero attached hydrogens (tertiary/aromatic N) is 3. The molecule has 6 nitrogen and oxygen atoms in total. The van der Waals surface area contributed by atoms with Crippen LogP contribution >= 0.6 is 0 Å². The third-order valence-corrected chi connectivity index (χ3v) is 3.86. The number of H-pyrrole nitrogens is 1. The minimum absolute atomic E-state index is 0.0924. The van der Waals surface area contributed by atoms with Crippen LogP contribution in [0.3, 0.4) is 0 Å². The lowest BCUT2D eigenvalue weighted by Crippen LogP contribution is -2.30. The number of benzene rings is 1. The Kier molecular flexibility index (Phi) is 4.37. The van der Waals surface area contributed by atoms with Crippen molar-refractivity contribution in [1.29, 1.82) is 0 Å². The highest BCUT2D eigenvalue weighted by Gasteiger charge is 2.16. The molecule has 0 aliphatic carbocycles. The number of rotatable bonds is 4. The number of hydrogen-bond acceptors (Lipinski definition) is 4. The van der Waals surface area contributed by atoms with Gasteiger partial charge in [-0.15, -0.1) is 5.10 Å². The highest BCUT2D eigenvalue weighted by atomic mass is 16.1. The van der Waals surface area contributed by atoms with Gasteiger partial charge in [0.15, 0.2) is 0 Å². The van der Waals surface area contributed by atoms with Crippen LogP contribution in [-0.2, 0) is 11.2 Å². The van der Waals surface area contributed by atoms with Crippen LogP contribution in [0.1, 0.15) is 30.4 Å². The van der Waals surface area contributed by atoms with Gasteiger partial charge >= 0.3 is 0 Å². The Balaban J connectivity index is 1.57. The third kappa shape index (κ3) is 3.63. The van der Waals surface area contributed by atoms with Gasteiger partial charge in [-0.05, 0) is 31.7 Å². The highest BCUT2D eigenvalue weighted by Crippen LogP contribution is 2.16. The highest BCUT2D eigenvalue weighted by molar-refractivity contribution is 5.90. The van der Waals surface area contributed by atoms with Crippen LogP contribution in [0, 0.1) is 6.92 Å². The minimum Gasteiger partial charge on any atom is -0.340 e. The number of carbonyl (C=O) groups excluding carboxylic acids is 1. The van der Waals surface area contributed by atoms with Crippen molar-refractivity contribution in [2.75, 3.05) is 23.3 Å². The zero-order chi connectivity index (χ0) is 15.4. The van der Waals surface area contributed by atoms with E-state index in [2.05, 4.69) is 25.4 Å². The first kappa shape index (κ1) is 14.6. The van der Waals surface area contributed by atoms with Gasteiger partial charge in [0.25, 0.3) is 0 Å². The van der Waals surface area contributed by atoms with E-state index in [0.717, 1.165) is 18.7 Å². The summed E-state index contributed by atoms with van der Waals surface area (Å²) in [5, 5.41) is 9.75. The maximum Gasteiger partial charge on any atom is 0.246 e. The lowest BCUT2D eigenvalue weighted by Gasteiger charge is -2.24. The van der Waals surface area contributed by atoms with Crippen molar-refractivity contribution in [2.24, 2.45) is 0 Å². The van der Waals surface area contributed by atoms with Gasteiger partial charge in [0, 0.05) is 13.1 Å². The molecule has 1 aliphatic rings. The van der Waals surface area contributed by atoms with E-state index in [9.17, 15) is 4.79 Å². The average Bonchev–Trinajstić information content (AvgIpc) is 2.99. The molecule has 0 radical (unpaired) electrons. The van der Waals surface area contributed by atoms with Gasteiger partial charge in [0.1, 0.15) is 0 Å². The fourth-order valence-electron chi connectivity index (χ4n) is 2.61. The van der Waals surface area contributed by atoms with Crippen molar-refractivity contribution in [1.82, 2.24) is 15.2 Å². The molecule has 1 fully saturated rings. The molecule has 1 aromatic heterocycles. The Bertz CT molecular complexity index is 628. The summed E-state index contributed by atoms with van der Waals surface area (Å²) in [5.74, 6) is 0.994. The Morgan fingerprint density at radius 3 is 2.68 bits per heavy atom. The molecule has 116 valence electrons. The number of carbonyl (C=O) groups is 1. The number of aromatic nitrogens is 3.